The topological polar surface area (TPSA) is 32.3 Å². The van der Waals surface area contributed by atoms with Gasteiger partial charge in [-0.15, -0.1) is 0 Å². The third-order valence-corrected chi connectivity index (χ3v) is 2.68. The molecule has 0 spiro atoms. The van der Waals surface area contributed by atoms with Crippen molar-refractivity contribution >= 4 is 5.91 Å². The first kappa shape index (κ1) is 10.5. The summed E-state index contributed by atoms with van der Waals surface area (Å²) in [5.41, 5.74) is 0. The lowest BCUT2D eigenvalue weighted by molar-refractivity contribution is -0.129. The number of carbonyl (C=O) groups excluding carboxylic acids is 1. The molecule has 1 heterocycles. The van der Waals surface area contributed by atoms with Crippen molar-refractivity contribution < 1.29 is 4.79 Å². The summed E-state index contributed by atoms with van der Waals surface area (Å²) in [5, 5.41) is 3.04. The Labute approximate surface area is 80.5 Å². The SMILES string of the molecule is CCCCCN1CCC(NC)C1=O. The molecule has 0 aromatic rings. The average Bonchev–Trinajstić information content (AvgIpc) is 2.48. The van der Waals surface area contributed by atoms with Gasteiger partial charge in [0.25, 0.3) is 0 Å². The highest BCUT2D eigenvalue weighted by atomic mass is 16.2. The van der Waals surface area contributed by atoms with Crippen LogP contribution < -0.4 is 5.32 Å². The predicted molar refractivity (Wildman–Crippen MR) is 53.6 cm³/mol. The van der Waals surface area contributed by atoms with Gasteiger partial charge >= 0.3 is 0 Å². The standard InChI is InChI=1S/C10H20N2O/c1-3-4-5-7-12-8-6-9(11-2)10(12)13/h9,11H,3-8H2,1-2H3. The Morgan fingerprint density at radius 1 is 1.54 bits per heavy atom. The fourth-order valence-corrected chi connectivity index (χ4v) is 1.78. The molecule has 1 fully saturated rings. The van der Waals surface area contributed by atoms with E-state index in [9.17, 15) is 4.79 Å². The molecule has 1 amide bonds. The van der Waals surface area contributed by atoms with Crippen molar-refractivity contribution in [3.63, 3.8) is 0 Å². The Balaban J connectivity index is 2.24. The number of rotatable bonds is 5. The molecule has 1 unspecified atom stereocenters. The van der Waals surface area contributed by atoms with E-state index < -0.39 is 0 Å². The quantitative estimate of drug-likeness (QED) is 0.646. The van der Waals surface area contributed by atoms with Crippen molar-refractivity contribution in [2.45, 2.75) is 38.6 Å². The summed E-state index contributed by atoms with van der Waals surface area (Å²) in [6.45, 7) is 4.07. The van der Waals surface area contributed by atoms with E-state index >= 15 is 0 Å². The number of likely N-dealkylation sites (tertiary alicyclic amines) is 1. The van der Waals surface area contributed by atoms with Crippen LogP contribution in [0, 0.1) is 0 Å². The van der Waals surface area contributed by atoms with Gasteiger partial charge in [0.05, 0.1) is 6.04 Å². The van der Waals surface area contributed by atoms with Crippen molar-refractivity contribution in [2.75, 3.05) is 20.1 Å². The number of hydrogen-bond donors (Lipinski definition) is 1. The van der Waals surface area contributed by atoms with Crippen molar-refractivity contribution in [2.24, 2.45) is 0 Å². The van der Waals surface area contributed by atoms with E-state index in [2.05, 4.69) is 12.2 Å². The van der Waals surface area contributed by atoms with E-state index in [0.717, 1.165) is 25.9 Å². The van der Waals surface area contributed by atoms with Gasteiger partial charge in [-0.05, 0) is 19.9 Å². The summed E-state index contributed by atoms with van der Waals surface area (Å²) in [4.78, 5) is 13.6. The molecule has 3 nitrogen and oxygen atoms in total. The summed E-state index contributed by atoms with van der Waals surface area (Å²) in [6, 6.07) is 0.0848. The molecule has 0 aliphatic carbocycles. The van der Waals surface area contributed by atoms with E-state index in [1.54, 1.807) is 0 Å². The van der Waals surface area contributed by atoms with Gasteiger partial charge in [0, 0.05) is 13.1 Å². The maximum atomic E-state index is 11.6. The molecular weight excluding hydrogens is 164 g/mol. The summed E-state index contributed by atoms with van der Waals surface area (Å²) < 4.78 is 0. The van der Waals surface area contributed by atoms with Gasteiger partial charge in [0.2, 0.25) is 5.91 Å². The Morgan fingerprint density at radius 2 is 2.31 bits per heavy atom. The van der Waals surface area contributed by atoms with Gasteiger partial charge in [-0.1, -0.05) is 19.8 Å². The number of nitrogens with one attached hydrogen (secondary N) is 1. The largest absolute Gasteiger partial charge is 0.341 e. The van der Waals surface area contributed by atoms with Crippen LogP contribution in [0.4, 0.5) is 0 Å². The minimum Gasteiger partial charge on any atom is -0.341 e. The first-order valence-corrected chi connectivity index (χ1v) is 5.25. The van der Waals surface area contributed by atoms with Gasteiger partial charge in [-0.25, -0.2) is 0 Å². The van der Waals surface area contributed by atoms with Crippen molar-refractivity contribution in [1.82, 2.24) is 10.2 Å². The fraction of sp³-hybridized carbons (Fsp3) is 0.900. The number of unbranched alkanes of at least 4 members (excludes halogenated alkanes) is 2. The van der Waals surface area contributed by atoms with Gasteiger partial charge in [0.15, 0.2) is 0 Å². The first-order chi connectivity index (χ1) is 6.29. The Morgan fingerprint density at radius 3 is 2.85 bits per heavy atom. The van der Waals surface area contributed by atoms with Crippen LogP contribution in [0.15, 0.2) is 0 Å². The number of amides is 1. The van der Waals surface area contributed by atoms with Crippen LogP contribution in [0.25, 0.3) is 0 Å². The zero-order valence-electron chi connectivity index (χ0n) is 8.68. The summed E-state index contributed by atoms with van der Waals surface area (Å²) in [6.07, 6.45) is 4.58. The highest BCUT2D eigenvalue weighted by Gasteiger charge is 2.29. The molecule has 0 aromatic heterocycles. The molecule has 0 bridgehead atoms. The second-order valence-corrected chi connectivity index (χ2v) is 3.66. The van der Waals surface area contributed by atoms with Gasteiger partial charge in [-0.3, -0.25) is 4.79 Å². The van der Waals surface area contributed by atoms with E-state index in [-0.39, 0.29) is 6.04 Å². The predicted octanol–water partition coefficient (Wildman–Crippen LogP) is 0.997. The molecule has 1 rings (SSSR count). The second-order valence-electron chi connectivity index (χ2n) is 3.66. The summed E-state index contributed by atoms with van der Waals surface area (Å²) in [7, 11) is 1.86. The monoisotopic (exact) mass is 184 g/mol. The molecule has 0 radical (unpaired) electrons. The van der Waals surface area contributed by atoms with E-state index in [1.807, 2.05) is 11.9 Å². The lowest BCUT2D eigenvalue weighted by Gasteiger charge is -2.15. The number of likely N-dealkylation sites (N-methyl/N-ethyl adjacent to an activating group) is 1. The van der Waals surface area contributed by atoms with Crippen LogP contribution in [0.3, 0.4) is 0 Å². The van der Waals surface area contributed by atoms with E-state index in [0.29, 0.717) is 5.91 Å². The number of carbonyl (C=O) groups is 1. The van der Waals surface area contributed by atoms with E-state index in [4.69, 9.17) is 0 Å². The number of hydrogen-bond acceptors (Lipinski definition) is 2. The van der Waals surface area contributed by atoms with Crippen molar-refractivity contribution in [1.29, 1.82) is 0 Å². The molecule has 0 saturated carbocycles. The molecule has 1 atom stereocenters. The smallest absolute Gasteiger partial charge is 0.239 e. The van der Waals surface area contributed by atoms with Crippen LogP contribution >= 0.6 is 0 Å². The maximum Gasteiger partial charge on any atom is 0.239 e. The van der Waals surface area contributed by atoms with Gasteiger partial charge < -0.3 is 10.2 Å². The Hall–Kier alpha value is -0.570. The van der Waals surface area contributed by atoms with E-state index in [1.165, 1.54) is 12.8 Å². The van der Waals surface area contributed by atoms with Crippen LogP contribution in [0.2, 0.25) is 0 Å². The number of nitrogens with zero attached hydrogens (tertiary/aromatic N) is 1. The average molecular weight is 184 g/mol. The maximum absolute atomic E-state index is 11.6. The first-order valence-electron chi connectivity index (χ1n) is 5.25. The Kier molecular flexibility index (Phi) is 4.22. The highest BCUT2D eigenvalue weighted by molar-refractivity contribution is 5.83. The highest BCUT2D eigenvalue weighted by Crippen LogP contribution is 2.11. The molecule has 1 saturated heterocycles. The molecule has 0 aromatic carbocycles. The van der Waals surface area contributed by atoms with Crippen LogP contribution in [0.5, 0.6) is 0 Å². The lowest BCUT2D eigenvalue weighted by atomic mass is 10.2. The van der Waals surface area contributed by atoms with Crippen LogP contribution in [-0.2, 0) is 4.79 Å². The third kappa shape index (κ3) is 2.69. The van der Waals surface area contributed by atoms with Crippen molar-refractivity contribution in [3.05, 3.63) is 0 Å². The lowest BCUT2D eigenvalue weighted by Crippen LogP contribution is -2.36. The zero-order chi connectivity index (χ0) is 9.68. The van der Waals surface area contributed by atoms with Crippen LogP contribution in [0.1, 0.15) is 32.6 Å². The van der Waals surface area contributed by atoms with Crippen molar-refractivity contribution in [3.8, 4) is 0 Å². The molecule has 76 valence electrons. The third-order valence-electron chi connectivity index (χ3n) is 2.68. The molecule has 1 aliphatic rings. The minimum absolute atomic E-state index is 0.0848. The molecule has 1 aliphatic heterocycles. The molecule has 3 heteroatoms. The van der Waals surface area contributed by atoms with Gasteiger partial charge in [-0.2, -0.15) is 0 Å². The summed E-state index contributed by atoms with van der Waals surface area (Å²) in [5.74, 6) is 0.290. The normalized spacial score (nSPS) is 22.8. The second kappa shape index (κ2) is 5.22. The minimum atomic E-state index is 0.0848. The molecular formula is C10H20N2O. The Bertz CT molecular complexity index is 170. The molecule has 1 N–H and O–H groups in total. The van der Waals surface area contributed by atoms with Crippen LogP contribution in [-0.4, -0.2) is 37.0 Å². The fourth-order valence-electron chi connectivity index (χ4n) is 1.78. The zero-order valence-corrected chi connectivity index (χ0v) is 8.68. The molecule has 13 heavy (non-hydrogen) atoms. The summed E-state index contributed by atoms with van der Waals surface area (Å²) >= 11 is 0. The van der Waals surface area contributed by atoms with Gasteiger partial charge in [0.1, 0.15) is 0 Å².